The smallest absolute Gasteiger partial charge is 0.303 e. The zero-order valence-corrected chi connectivity index (χ0v) is 21.9. The molecule has 0 radical (unpaired) electrons. The van der Waals surface area contributed by atoms with Crippen molar-refractivity contribution in [1.82, 2.24) is 14.9 Å². The Bertz CT molecular complexity index is 1170. The van der Waals surface area contributed by atoms with Gasteiger partial charge in [0.05, 0.1) is 28.8 Å². The number of aliphatic hydroxyl groups is 1. The van der Waals surface area contributed by atoms with Gasteiger partial charge in [-0.05, 0) is 68.0 Å². The van der Waals surface area contributed by atoms with Crippen LogP contribution in [0, 0.1) is 11.8 Å². The summed E-state index contributed by atoms with van der Waals surface area (Å²) in [6.07, 6.45) is 4.89. The van der Waals surface area contributed by atoms with Crippen LogP contribution in [0.1, 0.15) is 37.4 Å². The highest BCUT2D eigenvalue weighted by Gasteiger charge is 2.31. The second kappa shape index (κ2) is 12.7. The van der Waals surface area contributed by atoms with E-state index in [2.05, 4.69) is 14.9 Å². The Labute approximate surface area is 220 Å². The fourth-order valence-corrected chi connectivity index (χ4v) is 6.20. The van der Waals surface area contributed by atoms with Gasteiger partial charge in [0.25, 0.3) is 0 Å². The summed E-state index contributed by atoms with van der Waals surface area (Å²) in [7, 11) is 1.60. The number of likely N-dealkylation sites (tertiary alicyclic amines) is 1. The van der Waals surface area contributed by atoms with E-state index in [1.54, 1.807) is 31.3 Å². The Balaban J connectivity index is 1.38. The summed E-state index contributed by atoms with van der Waals surface area (Å²) in [5, 5.41) is 22.9. The highest BCUT2D eigenvalue weighted by Crippen LogP contribution is 2.37. The summed E-state index contributed by atoms with van der Waals surface area (Å²) in [6, 6.07) is 11.4. The first-order valence-corrected chi connectivity index (χ1v) is 13.6. The number of halogens is 1. The normalized spacial score (nSPS) is 19.3. The van der Waals surface area contributed by atoms with Crippen molar-refractivity contribution >= 4 is 40.2 Å². The SMILES string of the molecule is COc1ccc2ncc(Cl)c([C@H](O)CCC3CCN(CCSc4ccccn4)CC3CC(=O)O)c2c1. The third kappa shape index (κ3) is 6.88. The summed E-state index contributed by atoms with van der Waals surface area (Å²) in [5.41, 5.74) is 1.40. The molecule has 1 aromatic carbocycles. The van der Waals surface area contributed by atoms with E-state index in [1.807, 2.05) is 36.4 Å². The van der Waals surface area contributed by atoms with Crippen LogP contribution >= 0.6 is 23.4 Å². The highest BCUT2D eigenvalue weighted by molar-refractivity contribution is 7.99. The quantitative estimate of drug-likeness (QED) is 0.323. The zero-order chi connectivity index (χ0) is 25.5. The molecular formula is C27H32ClN3O4S. The van der Waals surface area contributed by atoms with E-state index in [0.717, 1.165) is 54.2 Å². The van der Waals surface area contributed by atoms with Gasteiger partial charge in [-0.2, -0.15) is 0 Å². The van der Waals surface area contributed by atoms with Gasteiger partial charge in [0.2, 0.25) is 0 Å². The molecule has 0 bridgehead atoms. The van der Waals surface area contributed by atoms with Crippen LogP contribution in [-0.4, -0.2) is 63.5 Å². The number of aliphatic hydroxyl groups excluding tert-OH is 1. The number of carbonyl (C=O) groups is 1. The minimum absolute atomic E-state index is 0.0491. The fraction of sp³-hybridized carbons (Fsp3) is 0.444. The number of hydrogen-bond acceptors (Lipinski definition) is 7. The number of aromatic nitrogens is 2. The molecule has 1 fully saturated rings. The first-order chi connectivity index (χ1) is 17.4. The minimum atomic E-state index is -0.773. The van der Waals surface area contributed by atoms with Gasteiger partial charge >= 0.3 is 5.97 Å². The van der Waals surface area contributed by atoms with E-state index in [1.165, 1.54) is 0 Å². The molecular weight excluding hydrogens is 498 g/mol. The van der Waals surface area contributed by atoms with Crippen LogP contribution in [0.4, 0.5) is 0 Å². The summed E-state index contributed by atoms with van der Waals surface area (Å²) in [4.78, 5) is 22.7. The molecule has 0 aliphatic carbocycles. The summed E-state index contributed by atoms with van der Waals surface area (Å²) in [5.74, 6) is 1.10. The number of nitrogens with zero attached hydrogens (tertiary/aromatic N) is 3. The molecule has 0 spiro atoms. The van der Waals surface area contributed by atoms with Crippen molar-refractivity contribution in [3.8, 4) is 5.75 Å². The van der Waals surface area contributed by atoms with Gasteiger partial charge in [-0.3, -0.25) is 9.78 Å². The number of piperidine rings is 1. The number of thioether (sulfide) groups is 1. The van der Waals surface area contributed by atoms with Gasteiger partial charge in [0.1, 0.15) is 5.75 Å². The number of benzene rings is 1. The first kappa shape index (κ1) is 26.7. The van der Waals surface area contributed by atoms with Crippen molar-refractivity contribution in [1.29, 1.82) is 0 Å². The van der Waals surface area contributed by atoms with E-state index in [-0.39, 0.29) is 18.3 Å². The summed E-state index contributed by atoms with van der Waals surface area (Å²) >= 11 is 8.19. The Morgan fingerprint density at radius 3 is 2.89 bits per heavy atom. The maximum absolute atomic E-state index is 11.6. The largest absolute Gasteiger partial charge is 0.497 e. The second-order valence-corrected chi connectivity index (χ2v) is 10.7. The van der Waals surface area contributed by atoms with Gasteiger partial charge in [0.15, 0.2) is 0 Å². The summed E-state index contributed by atoms with van der Waals surface area (Å²) < 4.78 is 5.35. The number of fused-ring (bicyclic) bond motifs is 1. The van der Waals surface area contributed by atoms with Crippen LogP contribution in [-0.2, 0) is 4.79 Å². The molecule has 192 valence electrons. The fourth-order valence-electron chi connectivity index (χ4n) is 5.06. The molecule has 3 aromatic rings. The Morgan fingerprint density at radius 2 is 2.14 bits per heavy atom. The third-order valence-corrected chi connectivity index (χ3v) is 8.14. The number of pyridine rings is 2. The topological polar surface area (TPSA) is 95.8 Å². The average Bonchev–Trinajstić information content (AvgIpc) is 2.88. The lowest BCUT2D eigenvalue weighted by atomic mass is 9.79. The molecule has 2 aromatic heterocycles. The molecule has 7 nitrogen and oxygen atoms in total. The number of carboxylic acids is 1. The molecule has 2 N–H and O–H groups in total. The van der Waals surface area contributed by atoms with E-state index in [4.69, 9.17) is 16.3 Å². The maximum atomic E-state index is 11.6. The van der Waals surface area contributed by atoms with Gasteiger partial charge in [-0.15, -0.1) is 11.8 Å². The number of rotatable bonds is 11. The molecule has 3 atom stereocenters. The molecule has 3 heterocycles. The van der Waals surface area contributed by atoms with Crippen molar-refractivity contribution in [3.05, 3.63) is 59.4 Å². The van der Waals surface area contributed by atoms with Crippen LogP contribution in [0.15, 0.2) is 53.8 Å². The third-order valence-electron chi connectivity index (χ3n) is 6.92. The van der Waals surface area contributed by atoms with Crippen molar-refractivity contribution in [2.45, 2.75) is 36.8 Å². The monoisotopic (exact) mass is 529 g/mol. The van der Waals surface area contributed by atoms with Crippen LogP contribution < -0.4 is 4.74 Å². The highest BCUT2D eigenvalue weighted by atomic mass is 35.5. The zero-order valence-electron chi connectivity index (χ0n) is 20.3. The Kier molecular flexibility index (Phi) is 9.42. The molecule has 0 saturated carbocycles. The maximum Gasteiger partial charge on any atom is 0.303 e. The Morgan fingerprint density at radius 1 is 1.28 bits per heavy atom. The van der Waals surface area contributed by atoms with Gasteiger partial charge < -0.3 is 19.8 Å². The van der Waals surface area contributed by atoms with E-state index in [9.17, 15) is 15.0 Å². The average molecular weight is 530 g/mol. The molecule has 9 heteroatoms. The van der Waals surface area contributed by atoms with Crippen molar-refractivity contribution < 1.29 is 19.7 Å². The molecule has 1 saturated heterocycles. The van der Waals surface area contributed by atoms with Crippen molar-refractivity contribution in [2.75, 3.05) is 32.5 Å². The van der Waals surface area contributed by atoms with Crippen LogP contribution in [0.5, 0.6) is 5.75 Å². The molecule has 36 heavy (non-hydrogen) atoms. The molecule has 0 amide bonds. The van der Waals surface area contributed by atoms with E-state index >= 15 is 0 Å². The molecule has 2 unspecified atom stereocenters. The van der Waals surface area contributed by atoms with Gasteiger partial charge in [0, 0.05) is 48.6 Å². The van der Waals surface area contributed by atoms with Crippen molar-refractivity contribution in [2.24, 2.45) is 11.8 Å². The number of ether oxygens (including phenoxy) is 1. The van der Waals surface area contributed by atoms with Crippen molar-refractivity contribution in [3.63, 3.8) is 0 Å². The number of methoxy groups -OCH3 is 1. The lowest BCUT2D eigenvalue weighted by Gasteiger charge is -2.38. The van der Waals surface area contributed by atoms with Gasteiger partial charge in [-0.25, -0.2) is 4.98 Å². The predicted octanol–water partition coefficient (Wildman–Crippen LogP) is 5.31. The number of aliphatic carboxylic acids is 1. The standard InChI is InChI=1S/C27H32ClN3O4S/c1-35-20-6-7-23-21(15-20)27(22(28)16-30-23)24(32)8-5-18-9-11-31(17-19(18)14-26(33)34)12-13-36-25-4-2-3-10-29-25/h2-4,6-7,10,15-16,18-19,24,32H,5,8-9,11-14,17H2,1H3,(H,33,34)/t18?,19?,24-/m1/s1. The predicted molar refractivity (Wildman–Crippen MR) is 143 cm³/mol. The molecule has 1 aliphatic heterocycles. The number of hydrogen-bond donors (Lipinski definition) is 2. The van der Waals surface area contributed by atoms with E-state index < -0.39 is 12.1 Å². The van der Waals surface area contributed by atoms with Crippen LogP contribution in [0.25, 0.3) is 10.9 Å². The second-order valence-electron chi connectivity index (χ2n) is 9.22. The lowest BCUT2D eigenvalue weighted by Crippen LogP contribution is -2.42. The number of carboxylic acid groups (broad SMARTS) is 1. The van der Waals surface area contributed by atoms with Crippen LogP contribution in [0.3, 0.4) is 0 Å². The van der Waals surface area contributed by atoms with Gasteiger partial charge in [-0.1, -0.05) is 17.7 Å². The van der Waals surface area contributed by atoms with Crippen LogP contribution in [0.2, 0.25) is 5.02 Å². The first-order valence-electron chi connectivity index (χ1n) is 12.2. The molecule has 1 aliphatic rings. The summed E-state index contributed by atoms with van der Waals surface area (Å²) in [6.45, 7) is 2.58. The van der Waals surface area contributed by atoms with E-state index in [0.29, 0.717) is 22.8 Å². The Hall–Kier alpha value is -2.39. The minimum Gasteiger partial charge on any atom is -0.497 e. The lowest BCUT2D eigenvalue weighted by molar-refractivity contribution is -0.139. The molecule has 4 rings (SSSR count).